The van der Waals surface area contributed by atoms with Crippen molar-refractivity contribution in [1.82, 2.24) is 0 Å². The monoisotopic (exact) mass is 304 g/mol. The van der Waals surface area contributed by atoms with Crippen molar-refractivity contribution < 1.29 is 0 Å². The van der Waals surface area contributed by atoms with Gasteiger partial charge in [0.1, 0.15) is 4.99 Å². The minimum absolute atomic E-state index is 0.305. The van der Waals surface area contributed by atoms with Gasteiger partial charge in [0.15, 0.2) is 0 Å². The number of thiocarbonyl (C=S) groups is 1. The zero-order valence-electron chi connectivity index (χ0n) is 11.3. The van der Waals surface area contributed by atoms with Crippen LogP contribution in [0.4, 0.5) is 5.69 Å². The van der Waals surface area contributed by atoms with Crippen LogP contribution in [-0.2, 0) is 13.0 Å². The van der Waals surface area contributed by atoms with Gasteiger partial charge in [-0.1, -0.05) is 61.1 Å². The molecule has 0 aliphatic rings. The maximum Gasteiger partial charge on any atom is 0.107 e. The van der Waals surface area contributed by atoms with E-state index in [-0.39, 0.29) is 0 Å². The van der Waals surface area contributed by atoms with Crippen molar-refractivity contribution in [1.29, 1.82) is 0 Å². The summed E-state index contributed by atoms with van der Waals surface area (Å²) in [4.78, 5) is 0.305. The number of nitrogens with one attached hydrogen (secondary N) is 1. The molecule has 0 aliphatic heterocycles. The van der Waals surface area contributed by atoms with Gasteiger partial charge in [-0.15, -0.1) is 0 Å². The maximum atomic E-state index is 6.14. The average molecular weight is 305 g/mol. The lowest BCUT2D eigenvalue weighted by Gasteiger charge is -2.13. The molecule has 3 N–H and O–H groups in total. The lowest BCUT2D eigenvalue weighted by atomic mass is 10.1. The van der Waals surface area contributed by atoms with Gasteiger partial charge in [0.25, 0.3) is 0 Å². The van der Waals surface area contributed by atoms with E-state index in [1.165, 1.54) is 11.1 Å². The van der Waals surface area contributed by atoms with Crippen LogP contribution in [0.3, 0.4) is 0 Å². The van der Waals surface area contributed by atoms with Crippen molar-refractivity contribution in [2.24, 2.45) is 5.73 Å². The Morgan fingerprint density at radius 1 is 1.15 bits per heavy atom. The molecular formula is C16H17ClN2S. The molecule has 2 aromatic carbocycles. The Bertz CT molecular complexity index is 608. The molecule has 2 rings (SSSR count). The molecule has 0 heterocycles. The summed E-state index contributed by atoms with van der Waals surface area (Å²) < 4.78 is 0. The summed E-state index contributed by atoms with van der Waals surface area (Å²) in [5.74, 6) is 0. The normalized spacial score (nSPS) is 10.3. The molecule has 0 aliphatic carbocycles. The molecule has 0 saturated carbocycles. The first-order chi connectivity index (χ1) is 9.61. The van der Waals surface area contributed by atoms with Gasteiger partial charge in [-0.05, 0) is 29.7 Å². The van der Waals surface area contributed by atoms with Gasteiger partial charge in [0, 0.05) is 12.2 Å². The minimum Gasteiger partial charge on any atom is -0.389 e. The number of benzene rings is 2. The Morgan fingerprint density at radius 3 is 2.40 bits per heavy atom. The van der Waals surface area contributed by atoms with E-state index in [1.54, 1.807) is 6.07 Å². The zero-order valence-corrected chi connectivity index (χ0v) is 12.9. The lowest BCUT2D eigenvalue weighted by Crippen LogP contribution is -2.14. The van der Waals surface area contributed by atoms with Crippen LogP contribution in [0.15, 0.2) is 42.5 Å². The van der Waals surface area contributed by atoms with Gasteiger partial charge in [-0.25, -0.2) is 0 Å². The first-order valence-corrected chi connectivity index (χ1v) is 7.30. The van der Waals surface area contributed by atoms with E-state index >= 15 is 0 Å². The highest BCUT2D eigenvalue weighted by Gasteiger charge is 2.09. The number of rotatable bonds is 5. The fourth-order valence-corrected chi connectivity index (χ4v) is 2.56. The molecule has 0 atom stereocenters. The van der Waals surface area contributed by atoms with Crippen molar-refractivity contribution in [3.8, 4) is 0 Å². The molecule has 0 bridgehead atoms. The summed E-state index contributed by atoms with van der Waals surface area (Å²) in [7, 11) is 0. The van der Waals surface area contributed by atoms with Crippen LogP contribution in [0.25, 0.3) is 0 Å². The second-order valence-electron chi connectivity index (χ2n) is 4.55. The first kappa shape index (κ1) is 14.8. The highest BCUT2D eigenvalue weighted by molar-refractivity contribution is 7.80. The maximum absolute atomic E-state index is 6.14. The Hall–Kier alpha value is -1.58. The quantitative estimate of drug-likeness (QED) is 0.815. The van der Waals surface area contributed by atoms with E-state index < -0.39 is 0 Å². The van der Waals surface area contributed by atoms with E-state index in [0.29, 0.717) is 22.1 Å². The summed E-state index contributed by atoms with van der Waals surface area (Å²) >= 11 is 11.2. The van der Waals surface area contributed by atoms with E-state index in [1.807, 2.05) is 12.1 Å². The van der Waals surface area contributed by atoms with E-state index in [4.69, 9.17) is 29.6 Å². The molecule has 2 aromatic rings. The Labute approximate surface area is 130 Å². The molecule has 0 unspecified atom stereocenters. The third kappa shape index (κ3) is 3.50. The molecule has 104 valence electrons. The summed E-state index contributed by atoms with van der Waals surface area (Å²) in [5, 5.41) is 3.91. The third-order valence-corrected chi connectivity index (χ3v) is 3.69. The predicted octanol–water partition coefficient (Wildman–Crippen LogP) is 4.15. The topological polar surface area (TPSA) is 38.0 Å². The van der Waals surface area contributed by atoms with Crippen molar-refractivity contribution in [2.75, 3.05) is 5.32 Å². The van der Waals surface area contributed by atoms with Crippen LogP contribution in [0.5, 0.6) is 0 Å². The molecule has 0 saturated heterocycles. The standard InChI is InChI=1S/C16H17ClN2S/c1-2-11-6-8-12(9-7-11)10-19-14-5-3-4-13(17)15(14)16(18)20/h3-9,19H,2,10H2,1H3,(H2,18,20). The molecule has 0 fully saturated rings. The molecule has 20 heavy (non-hydrogen) atoms. The molecule has 2 nitrogen and oxygen atoms in total. The smallest absolute Gasteiger partial charge is 0.107 e. The van der Waals surface area contributed by atoms with Crippen LogP contribution >= 0.6 is 23.8 Å². The van der Waals surface area contributed by atoms with Gasteiger partial charge < -0.3 is 11.1 Å². The summed E-state index contributed by atoms with van der Waals surface area (Å²) in [6.45, 7) is 2.85. The van der Waals surface area contributed by atoms with Gasteiger partial charge in [-0.3, -0.25) is 0 Å². The summed E-state index contributed by atoms with van der Waals surface area (Å²) in [6, 6.07) is 14.1. The molecule has 0 radical (unpaired) electrons. The van der Waals surface area contributed by atoms with Crippen LogP contribution in [0, 0.1) is 0 Å². The van der Waals surface area contributed by atoms with Crippen LogP contribution in [0.1, 0.15) is 23.6 Å². The highest BCUT2D eigenvalue weighted by atomic mass is 35.5. The molecule has 4 heteroatoms. The fraction of sp³-hybridized carbons (Fsp3) is 0.188. The third-order valence-electron chi connectivity index (χ3n) is 3.17. The van der Waals surface area contributed by atoms with E-state index in [0.717, 1.165) is 12.1 Å². The summed E-state index contributed by atoms with van der Waals surface area (Å²) in [5.41, 5.74) is 9.84. The number of halogens is 1. The molecule has 0 amide bonds. The SMILES string of the molecule is CCc1ccc(CNc2cccc(Cl)c2C(N)=S)cc1. The first-order valence-electron chi connectivity index (χ1n) is 6.51. The Balaban J connectivity index is 2.14. The van der Waals surface area contributed by atoms with Gasteiger partial charge in [0.2, 0.25) is 0 Å². The van der Waals surface area contributed by atoms with Gasteiger partial charge in [-0.2, -0.15) is 0 Å². The number of hydrogen-bond acceptors (Lipinski definition) is 2. The number of nitrogens with two attached hydrogens (primary N) is 1. The Kier molecular flexibility index (Phi) is 4.99. The molecule has 0 aromatic heterocycles. The predicted molar refractivity (Wildman–Crippen MR) is 90.5 cm³/mol. The van der Waals surface area contributed by atoms with Gasteiger partial charge >= 0.3 is 0 Å². The van der Waals surface area contributed by atoms with Crippen molar-refractivity contribution in [3.63, 3.8) is 0 Å². The average Bonchev–Trinajstić information content (AvgIpc) is 2.45. The Morgan fingerprint density at radius 2 is 1.80 bits per heavy atom. The number of hydrogen-bond donors (Lipinski definition) is 2. The van der Waals surface area contributed by atoms with E-state index in [9.17, 15) is 0 Å². The fourth-order valence-electron chi connectivity index (χ4n) is 2.01. The molecule has 0 spiro atoms. The highest BCUT2D eigenvalue weighted by Crippen LogP contribution is 2.24. The minimum atomic E-state index is 0.305. The van der Waals surface area contributed by atoms with Crippen molar-refractivity contribution in [2.45, 2.75) is 19.9 Å². The molecular weight excluding hydrogens is 288 g/mol. The number of aryl methyl sites for hydroxylation is 1. The lowest BCUT2D eigenvalue weighted by molar-refractivity contribution is 1.10. The van der Waals surface area contributed by atoms with E-state index in [2.05, 4.69) is 36.5 Å². The second-order valence-corrected chi connectivity index (χ2v) is 5.40. The van der Waals surface area contributed by atoms with Crippen LogP contribution in [-0.4, -0.2) is 4.99 Å². The number of anilines is 1. The van der Waals surface area contributed by atoms with Crippen molar-refractivity contribution >= 4 is 34.5 Å². The zero-order chi connectivity index (χ0) is 14.5. The van der Waals surface area contributed by atoms with Crippen LogP contribution in [0.2, 0.25) is 5.02 Å². The van der Waals surface area contributed by atoms with Crippen LogP contribution < -0.4 is 11.1 Å². The summed E-state index contributed by atoms with van der Waals surface area (Å²) in [6.07, 6.45) is 1.05. The largest absolute Gasteiger partial charge is 0.389 e. The van der Waals surface area contributed by atoms with Crippen molar-refractivity contribution in [3.05, 3.63) is 64.2 Å². The second kappa shape index (κ2) is 6.73. The van der Waals surface area contributed by atoms with Gasteiger partial charge in [0.05, 0.1) is 10.6 Å².